The van der Waals surface area contributed by atoms with E-state index in [1.54, 1.807) is 18.5 Å². The predicted octanol–water partition coefficient (Wildman–Crippen LogP) is 1.81. The topological polar surface area (TPSA) is 67.4 Å². The van der Waals surface area contributed by atoms with Gasteiger partial charge in [0.15, 0.2) is 0 Å². The first kappa shape index (κ1) is 18.8. The molecule has 23 heavy (non-hydrogen) atoms. The maximum Gasteiger partial charge on any atom is 0.471 e. The molecule has 0 unspecified atom stereocenters. The molecule has 5 nitrogen and oxygen atoms in total. The number of ether oxygens (including phenoxy) is 1. The van der Waals surface area contributed by atoms with Crippen LogP contribution in [0.25, 0.3) is 0 Å². The maximum atomic E-state index is 11.9. The number of carbonyl (C=O) groups is 2. The predicted molar refractivity (Wildman–Crippen MR) is 78.0 cm³/mol. The lowest BCUT2D eigenvalue weighted by Gasteiger charge is -2.09. The van der Waals surface area contributed by atoms with E-state index in [4.69, 9.17) is 4.74 Å². The summed E-state index contributed by atoms with van der Waals surface area (Å²) in [6, 6.07) is 7.34. The van der Waals surface area contributed by atoms with E-state index in [0.717, 1.165) is 5.56 Å². The fraction of sp³-hybridized carbons (Fsp3) is 0.467. The average Bonchev–Trinajstić information content (AvgIpc) is 2.51. The molecule has 0 heterocycles. The Kier molecular flexibility index (Phi) is 7.37. The number of halogens is 3. The summed E-state index contributed by atoms with van der Waals surface area (Å²) in [4.78, 5) is 22.2. The van der Waals surface area contributed by atoms with E-state index in [1.807, 2.05) is 18.2 Å². The van der Waals surface area contributed by atoms with E-state index in [9.17, 15) is 22.8 Å². The van der Waals surface area contributed by atoms with Crippen LogP contribution < -0.4 is 15.4 Å². The van der Waals surface area contributed by atoms with Gasteiger partial charge in [-0.3, -0.25) is 9.59 Å². The molecule has 2 amide bonds. The molecule has 1 rings (SSSR count). The number of carbonyl (C=O) groups excluding carboxylic acids is 2. The van der Waals surface area contributed by atoms with Crippen molar-refractivity contribution in [1.29, 1.82) is 0 Å². The van der Waals surface area contributed by atoms with Crippen LogP contribution in [0.4, 0.5) is 13.2 Å². The van der Waals surface area contributed by atoms with Gasteiger partial charge in [-0.15, -0.1) is 0 Å². The highest BCUT2D eigenvalue weighted by atomic mass is 19.4. The van der Waals surface area contributed by atoms with Crippen LogP contribution in [0, 0.1) is 0 Å². The summed E-state index contributed by atoms with van der Waals surface area (Å²) >= 11 is 0. The molecule has 0 radical (unpaired) electrons. The lowest BCUT2D eigenvalue weighted by Crippen LogP contribution is -2.38. The second kappa shape index (κ2) is 9.02. The summed E-state index contributed by atoms with van der Waals surface area (Å²) in [5.41, 5.74) is 0.956. The Hall–Kier alpha value is -2.25. The zero-order valence-corrected chi connectivity index (χ0v) is 12.7. The van der Waals surface area contributed by atoms with Gasteiger partial charge in [0.05, 0.1) is 7.11 Å². The van der Waals surface area contributed by atoms with Crippen molar-refractivity contribution in [3.05, 3.63) is 29.8 Å². The van der Waals surface area contributed by atoms with Gasteiger partial charge >= 0.3 is 12.1 Å². The summed E-state index contributed by atoms with van der Waals surface area (Å²) in [5, 5.41) is 4.33. The quantitative estimate of drug-likeness (QED) is 0.714. The Morgan fingerprint density at radius 3 is 2.52 bits per heavy atom. The molecule has 2 N–H and O–H groups in total. The standard InChI is InChI=1S/C15H19F3N2O3/c1-23-12-5-2-4-11(10-12)6-7-13(21)19-8-3-9-20-14(22)15(16,17)18/h2,4-5,10H,3,6-9H2,1H3,(H,19,21)(H,20,22). The van der Waals surface area contributed by atoms with Crippen molar-refractivity contribution < 1.29 is 27.5 Å². The molecule has 0 fully saturated rings. The van der Waals surface area contributed by atoms with E-state index in [1.165, 1.54) is 0 Å². The number of aryl methyl sites for hydroxylation is 1. The molecule has 128 valence electrons. The molecule has 0 bridgehead atoms. The van der Waals surface area contributed by atoms with E-state index in [2.05, 4.69) is 5.32 Å². The molecule has 0 saturated carbocycles. The minimum Gasteiger partial charge on any atom is -0.497 e. The SMILES string of the molecule is COc1cccc(CCC(=O)NCCCNC(=O)C(F)(F)F)c1. The monoisotopic (exact) mass is 332 g/mol. The number of hydrogen-bond donors (Lipinski definition) is 2. The first-order valence-electron chi connectivity index (χ1n) is 7.07. The molecule has 8 heteroatoms. The third-order valence-corrected chi connectivity index (χ3v) is 2.99. The lowest BCUT2D eigenvalue weighted by molar-refractivity contribution is -0.173. The summed E-state index contributed by atoms with van der Waals surface area (Å²) in [5.74, 6) is -1.46. The van der Waals surface area contributed by atoms with Crippen LogP contribution in [-0.2, 0) is 16.0 Å². The molecule has 1 aromatic carbocycles. The smallest absolute Gasteiger partial charge is 0.471 e. The van der Waals surface area contributed by atoms with E-state index in [-0.39, 0.29) is 31.8 Å². The highest BCUT2D eigenvalue weighted by molar-refractivity contribution is 5.81. The van der Waals surface area contributed by atoms with Crippen LogP contribution in [0.1, 0.15) is 18.4 Å². The second-order valence-corrected chi connectivity index (χ2v) is 4.81. The fourth-order valence-corrected chi connectivity index (χ4v) is 1.79. The van der Waals surface area contributed by atoms with Crippen molar-refractivity contribution >= 4 is 11.8 Å². The van der Waals surface area contributed by atoms with Gasteiger partial charge in [0, 0.05) is 19.5 Å². The van der Waals surface area contributed by atoms with Crippen molar-refractivity contribution in [2.45, 2.75) is 25.4 Å². The number of alkyl halides is 3. The van der Waals surface area contributed by atoms with E-state index in [0.29, 0.717) is 12.2 Å². The average molecular weight is 332 g/mol. The van der Waals surface area contributed by atoms with Crippen LogP contribution in [0.2, 0.25) is 0 Å². The Bertz CT molecular complexity index is 533. The highest BCUT2D eigenvalue weighted by Crippen LogP contribution is 2.14. The van der Waals surface area contributed by atoms with E-state index >= 15 is 0 Å². The van der Waals surface area contributed by atoms with Crippen molar-refractivity contribution in [2.24, 2.45) is 0 Å². The van der Waals surface area contributed by atoms with Crippen LogP contribution in [0.3, 0.4) is 0 Å². The fourth-order valence-electron chi connectivity index (χ4n) is 1.79. The number of rotatable bonds is 8. The minimum atomic E-state index is -4.88. The zero-order valence-electron chi connectivity index (χ0n) is 12.7. The van der Waals surface area contributed by atoms with Gasteiger partial charge < -0.3 is 15.4 Å². The van der Waals surface area contributed by atoms with Crippen molar-refractivity contribution in [3.63, 3.8) is 0 Å². The van der Waals surface area contributed by atoms with Gasteiger partial charge in [0.1, 0.15) is 5.75 Å². The van der Waals surface area contributed by atoms with Gasteiger partial charge in [-0.25, -0.2) is 0 Å². The Morgan fingerprint density at radius 2 is 1.87 bits per heavy atom. The number of hydrogen-bond acceptors (Lipinski definition) is 3. The summed E-state index contributed by atoms with van der Waals surface area (Å²) < 4.78 is 40.8. The molecular formula is C15H19F3N2O3. The van der Waals surface area contributed by atoms with Gasteiger partial charge in [-0.2, -0.15) is 13.2 Å². The second-order valence-electron chi connectivity index (χ2n) is 4.81. The van der Waals surface area contributed by atoms with Crippen LogP contribution in [-0.4, -0.2) is 38.2 Å². The lowest BCUT2D eigenvalue weighted by atomic mass is 10.1. The van der Waals surface area contributed by atoms with Crippen LogP contribution in [0.5, 0.6) is 5.75 Å². The highest BCUT2D eigenvalue weighted by Gasteiger charge is 2.38. The van der Waals surface area contributed by atoms with Gasteiger partial charge in [-0.05, 0) is 30.5 Å². The first-order valence-corrected chi connectivity index (χ1v) is 7.07. The van der Waals surface area contributed by atoms with Crippen LogP contribution in [0.15, 0.2) is 24.3 Å². The number of nitrogens with one attached hydrogen (secondary N) is 2. The van der Waals surface area contributed by atoms with Gasteiger partial charge in [0.2, 0.25) is 5.91 Å². The molecule has 0 aliphatic heterocycles. The normalized spacial score (nSPS) is 11.0. The third-order valence-electron chi connectivity index (χ3n) is 2.99. The molecule has 0 aromatic heterocycles. The largest absolute Gasteiger partial charge is 0.497 e. The Balaban J connectivity index is 2.16. The summed E-state index contributed by atoms with van der Waals surface area (Å²) in [7, 11) is 1.56. The van der Waals surface area contributed by atoms with Crippen molar-refractivity contribution in [1.82, 2.24) is 10.6 Å². The molecule has 0 spiro atoms. The molecular weight excluding hydrogens is 313 g/mol. The van der Waals surface area contributed by atoms with Gasteiger partial charge in [0.25, 0.3) is 0 Å². The molecule has 0 aliphatic rings. The number of amides is 2. The Morgan fingerprint density at radius 1 is 1.17 bits per heavy atom. The minimum absolute atomic E-state index is 0.144. The first-order chi connectivity index (χ1) is 10.8. The van der Waals surface area contributed by atoms with E-state index < -0.39 is 12.1 Å². The summed E-state index contributed by atoms with van der Waals surface area (Å²) in [6.45, 7) is 0.0591. The molecule has 0 saturated heterocycles. The molecule has 1 aromatic rings. The van der Waals surface area contributed by atoms with Crippen molar-refractivity contribution in [2.75, 3.05) is 20.2 Å². The molecule has 0 atom stereocenters. The zero-order chi connectivity index (χ0) is 17.3. The Labute approximate surface area is 132 Å². The van der Waals surface area contributed by atoms with Crippen LogP contribution >= 0.6 is 0 Å². The van der Waals surface area contributed by atoms with Gasteiger partial charge in [-0.1, -0.05) is 12.1 Å². The number of benzene rings is 1. The maximum absolute atomic E-state index is 11.9. The van der Waals surface area contributed by atoms with Crippen molar-refractivity contribution in [3.8, 4) is 5.75 Å². The molecule has 0 aliphatic carbocycles. The number of methoxy groups -OCH3 is 1. The third kappa shape index (κ3) is 7.53. The summed E-state index contributed by atoms with van der Waals surface area (Å²) in [6.07, 6.45) is -3.84.